The van der Waals surface area contributed by atoms with Gasteiger partial charge in [-0.3, -0.25) is 0 Å². The van der Waals surface area contributed by atoms with Crippen LogP contribution in [0.25, 0.3) is 0 Å². The summed E-state index contributed by atoms with van der Waals surface area (Å²) in [7, 11) is 3.10. The summed E-state index contributed by atoms with van der Waals surface area (Å²) < 4.78 is 23.7. The number of benzene rings is 1. The van der Waals surface area contributed by atoms with Crippen molar-refractivity contribution in [2.75, 3.05) is 20.8 Å². The van der Waals surface area contributed by atoms with Gasteiger partial charge < -0.3 is 15.2 Å². The lowest BCUT2D eigenvalue weighted by Gasteiger charge is -2.15. The Labute approximate surface area is 95.4 Å². The highest BCUT2D eigenvalue weighted by molar-refractivity contribution is 5.50. The molecule has 0 heterocycles. The van der Waals surface area contributed by atoms with Crippen LogP contribution < -0.4 is 15.2 Å². The van der Waals surface area contributed by atoms with E-state index in [0.717, 1.165) is 5.56 Å². The first kappa shape index (κ1) is 12.8. The van der Waals surface area contributed by atoms with E-state index in [4.69, 9.17) is 15.2 Å². The van der Waals surface area contributed by atoms with Crippen molar-refractivity contribution in [3.8, 4) is 11.5 Å². The highest BCUT2D eigenvalue weighted by atomic mass is 19.1. The van der Waals surface area contributed by atoms with Gasteiger partial charge in [-0.25, -0.2) is 4.39 Å². The number of hydrogen-bond donors (Lipinski definition) is 1. The van der Waals surface area contributed by atoms with E-state index in [0.29, 0.717) is 30.0 Å². The third-order valence-electron chi connectivity index (χ3n) is 2.45. The largest absolute Gasteiger partial charge is 0.493 e. The molecular formula is C12H18FNO2. The zero-order valence-electron chi connectivity index (χ0n) is 9.92. The number of halogens is 1. The first-order chi connectivity index (χ1) is 7.63. The fourth-order valence-electron chi connectivity index (χ4n) is 1.64. The lowest BCUT2D eigenvalue weighted by molar-refractivity contribution is 0.344. The summed E-state index contributed by atoms with van der Waals surface area (Å²) in [6.45, 7) is 1.98. The van der Waals surface area contributed by atoms with Crippen LogP contribution in [-0.4, -0.2) is 20.8 Å². The van der Waals surface area contributed by atoms with Crippen molar-refractivity contribution in [1.29, 1.82) is 0 Å². The summed E-state index contributed by atoms with van der Waals surface area (Å²) in [4.78, 5) is 0. The van der Waals surface area contributed by atoms with Gasteiger partial charge in [0.25, 0.3) is 0 Å². The molecule has 16 heavy (non-hydrogen) atoms. The molecule has 1 atom stereocenters. The van der Waals surface area contributed by atoms with Gasteiger partial charge >= 0.3 is 0 Å². The molecular weight excluding hydrogens is 209 g/mol. The van der Waals surface area contributed by atoms with E-state index < -0.39 is 6.17 Å². The molecule has 0 radical (unpaired) electrons. The van der Waals surface area contributed by atoms with Crippen LogP contribution in [0.4, 0.5) is 4.39 Å². The molecule has 1 aromatic rings. The number of hydrogen-bond acceptors (Lipinski definition) is 3. The summed E-state index contributed by atoms with van der Waals surface area (Å²) in [5, 5.41) is 0. The average Bonchev–Trinajstić information content (AvgIpc) is 2.28. The summed E-state index contributed by atoms with van der Waals surface area (Å²) in [6, 6.07) is 3.43. The number of rotatable bonds is 5. The Hall–Kier alpha value is -1.29. The Kier molecular flexibility index (Phi) is 4.55. The second-order valence-electron chi connectivity index (χ2n) is 3.57. The molecule has 0 saturated heterocycles. The Morgan fingerprint density at radius 3 is 2.44 bits per heavy atom. The molecule has 1 aromatic carbocycles. The van der Waals surface area contributed by atoms with Crippen LogP contribution >= 0.6 is 0 Å². The summed E-state index contributed by atoms with van der Waals surface area (Å²) >= 11 is 0. The van der Waals surface area contributed by atoms with E-state index in [-0.39, 0.29) is 0 Å². The molecule has 2 N–H and O–H groups in total. The van der Waals surface area contributed by atoms with E-state index in [1.807, 2.05) is 0 Å². The fraction of sp³-hybridized carbons (Fsp3) is 0.500. The Bertz CT molecular complexity index is 353. The van der Waals surface area contributed by atoms with Crippen LogP contribution in [0.5, 0.6) is 11.5 Å². The molecule has 0 amide bonds. The Morgan fingerprint density at radius 1 is 1.31 bits per heavy atom. The highest BCUT2D eigenvalue weighted by Gasteiger charge is 2.14. The van der Waals surface area contributed by atoms with Crippen LogP contribution in [-0.2, 0) is 6.42 Å². The predicted octanol–water partition coefficient (Wildman–Crippen LogP) is 2.24. The molecule has 1 rings (SSSR count). The molecule has 0 aliphatic rings. The Balaban J connectivity index is 3.25. The van der Waals surface area contributed by atoms with Crippen LogP contribution in [0, 0.1) is 0 Å². The molecule has 90 valence electrons. The number of ether oxygens (including phenoxy) is 2. The number of alkyl halides is 1. The van der Waals surface area contributed by atoms with Crippen molar-refractivity contribution < 1.29 is 13.9 Å². The van der Waals surface area contributed by atoms with Crippen molar-refractivity contribution in [2.45, 2.75) is 19.5 Å². The van der Waals surface area contributed by atoms with Crippen LogP contribution in [0.3, 0.4) is 0 Å². The lowest BCUT2D eigenvalue weighted by Crippen LogP contribution is -2.06. The van der Waals surface area contributed by atoms with Gasteiger partial charge in [0.15, 0.2) is 11.5 Å². The number of methoxy groups -OCH3 is 2. The second-order valence-corrected chi connectivity index (χ2v) is 3.57. The lowest BCUT2D eigenvalue weighted by atomic mass is 10.0. The zero-order chi connectivity index (χ0) is 12.1. The summed E-state index contributed by atoms with van der Waals surface area (Å²) in [5.41, 5.74) is 6.97. The molecule has 0 aliphatic carbocycles. The van der Waals surface area contributed by atoms with E-state index in [1.165, 1.54) is 14.0 Å². The zero-order valence-corrected chi connectivity index (χ0v) is 9.92. The second kappa shape index (κ2) is 5.70. The molecule has 0 spiro atoms. The maximum Gasteiger partial charge on any atom is 0.163 e. The van der Waals surface area contributed by atoms with E-state index in [9.17, 15) is 4.39 Å². The summed E-state index contributed by atoms with van der Waals surface area (Å²) in [5.74, 6) is 1.19. The topological polar surface area (TPSA) is 44.5 Å². The minimum atomic E-state index is -1.03. The predicted molar refractivity (Wildman–Crippen MR) is 61.8 cm³/mol. The third kappa shape index (κ3) is 2.64. The van der Waals surface area contributed by atoms with Crippen molar-refractivity contribution in [3.63, 3.8) is 0 Å². The van der Waals surface area contributed by atoms with Gasteiger partial charge in [0, 0.05) is 0 Å². The normalized spacial score (nSPS) is 12.3. The van der Waals surface area contributed by atoms with E-state index in [1.54, 1.807) is 19.2 Å². The fourth-order valence-corrected chi connectivity index (χ4v) is 1.64. The van der Waals surface area contributed by atoms with Gasteiger partial charge in [0.2, 0.25) is 0 Å². The molecule has 0 bridgehead atoms. The maximum absolute atomic E-state index is 13.3. The first-order valence-corrected chi connectivity index (χ1v) is 5.23. The van der Waals surface area contributed by atoms with Gasteiger partial charge in [0.05, 0.1) is 14.2 Å². The molecule has 0 saturated carbocycles. The first-order valence-electron chi connectivity index (χ1n) is 5.23. The van der Waals surface area contributed by atoms with Gasteiger partial charge in [-0.05, 0) is 43.1 Å². The maximum atomic E-state index is 13.3. The van der Waals surface area contributed by atoms with Gasteiger partial charge in [0.1, 0.15) is 6.17 Å². The van der Waals surface area contributed by atoms with Gasteiger partial charge in [-0.15, -0.1) is 0 Å². The van der Waals surface area contributed by atoms with Crippen molar-refractivity contribution in [2.24, 2.45) is 5.73 Å². The minimum Gasteiger partial charge on any atom is -0.493 e. The standard InChI is InChI=1S/C12H18FNO2/c1-8(13)10-6-9(4-5-14)12(16-3)11(7-10)15-2/h6-8H,4-5,14H2,1-3H3. The monoisotopic (exact) mass is 227 g/mol. The highest BCUT2D eigenvalue weighted by Crippen LogP contribution is 2.35. The molecule has 0 fully saturated rings. The third-order valence-corrected chi connectivity index (χ3v) is 2.45. The van der Waals surface area contributed by atoms with Gasteiger partial charge in [-0.1, -0.05) is 0 Å². The van der Waals surface area contributed by atoms with Crippen molar-refractivity contribution >= 4 is 0 Å². The van der Waals surface area contributed by atoms with Crippen LogP contribution in [0.2, 0.25) is 0 Å². The molecule has 3 nitrogen and oxygen atoms in total. The average molecular weight is 227 g/mol. The number of nitrogens with two attached hydrogens (primary N) is 1. The van der Waals surface area contributed by atoms with Crippen molar-refractivity contribution in [3.05, 3.63) is 23.3 Å². The van der Waals surface area contributed by atoms with Crippen molar-refractivity contribution in [1.82, 2.24) is 0 Å². The SMILES string of the molecule is COc1cc(C(C)F)cc(CCN)c1OC. The van der Waals surface area contributed by atoms with Crippen LogP contribution in [0.1, 0.15) is 24.2 Å². The quantitative estimate of drug-likeness (QED) is 0.839. The summed E-state index contributed by atoms with van der Waals surface area (Å²) in [6.07, 6.45) is -0.392. The Morgan fingerprint density at radius 2 is 2.00 bits per heavy atom. The molecule has 0 aliphatic heterocycles. The molecule has 0 aromatic heterocycles. The molecule has 1 unspecified atom stereocenters. The smallest absolute Gasteiger partial charge is 0.163 e. The molecule has 4 heteroatoms. The van der Waals surface area contributed by atoms with E-state index >= 15 is 0 Å². The van der Waals surface area contributed by atoms with Crippen LogP contribution in [0.15, 0.2) is 12.1 Å². The van der Waals surface area contributed by atoms with Gasteiger partial charge in [-0.2, -0.15) is 0 Å². The van der Waals surface area contributed by atoms with E-state index in [2.05, 4.69) is 0 Å². The minimum absolute atomic E-state index is 0.490.